The molecule has 0 saturated heterocycles. The first-order chi connectivity index (χ1) is 3.93. The fraction of sp³-hybridized carbons (Fsp3) is 0. The Morgan fingerprint density at radius 2 is 1.60 bits per heavy atom. The van der Waals surface area contributed by atoms with Crippen molar-refractivity contribution in [1.29, 1.82) is 0 Å². The highest BCUT2D eigenvalue weighted by atomic mass is 35.5. The summed E-state index contributed by atoms with van der Waals surface area (Å²) < 4.78 is 0. The quantitative estimate of drug-likeness (QED) is 0.669. The molecule has 3 N–H and O–H groups in total. The van der Waals surface area contributed by atoms with Crippen molar-refractivity contribution in [2.75, 3.05) is 0 Å². The van der Waals surface area contributed by atoms with Crippen molar-refractivity contribution >= 4 is 18.5 Å². The SMILES string of the molecule is C=Cc1ccccc1.Cl.N. The average molecular weight is 158 g/mol. The standard InChI is InChI=1S/C8H8.ClH.H3N/c1-2-8-6-4-3-5-7-8;;/h2-7H,1H2;1H;1H3. The van der Waals surface area contributed by atoms with Crippen LogP contribution in [0, 0.1) is 0 Å². The summed E-state index contributed by atoms with van der Waals surface area (Å²) in [7, 11) is 0. The van der Waals surface area contributed by atoms with Gasteiger partial charge in [-0.1, -0.05) is 43.0 Å². The van der Waals surface area contributed by atoms with Crippen molar-refractivity contribution in [3.05, 3.63) is 42.5 Å². The van der Waals surface area contributed by atoms with Crippen LogP contribution in [0.25, 0.3) is 6.08 Å². The van der Waals surface area contributed by atoms with Crippen LogP contribution in [0.4, 0.5) is 0 Å². The number of rotatable bonds is 1. The van der Waals surface area contributed by atoms with E-state index in [1.165, 1.54) is 5.56 Å². The highest BCUT2D eigenvalue weighted by molar-refractivity contribution is 5.85. The normalized spacial score (nSPS) is 6.80. The third-order valence-electron chi connectivity index (χ3n) is 1.04. The average Bonchev–Trinajstić information content (AvgIpc) is 1.90. The van der Waals surface area contributed by atoms with E-state index in [4.69, 9.17) is 0 Å². The van der Waals surface area contributed by atoms with Gasteiger partial charge in [0.25, 0.3) is 0 Å². The molecule has 1 nitrogen and oxygen atoms in total. The van der Waals surface area contributed by atoms with Crippen LogP contribution in [0.15, 0.2) is 36.9 Å². The molecule has 2 heteroatoms. The summed E-state index contributed by atoms with van der Waals surface area (Å²) >= 11 is 0. The lowest BCUT2D eigenvalue weighted by molar-refractivity contribution is 1.67. The van der Waals surface area contributed by atoms with Crippen molar-refractivity contribution in [3.63, 3.8) is 0 Å². The zero-order valence-corrected chi connectivity index (χ0v) is 6.60. The van der Waals surface area contributed by atoms with Crippen molar-refractivity contribution in [3.8, 4) is 0 Å². The molecule has 0 spiro atoms. The second-order valence-corrected chi connectivity index (χ2v) is 1.61. The van der Waals surface area contributed by atoms with E-state index in [1.54, 1.807) is 0 Å². The molecule has 1 aromatic carbocycles. The predicted molar refractivity (Wildman–Crippen MR) is 48.8 cm³/mol. The number of halogens is 1. The molecule has 0 aromatic heterocycles. The molecule has 0 unspecified atom stereocenters. The number of hydrogen-bond acceptors (Lipinski definition) is 1. The van der Waals surface area contributed by atoms with Gasteiger partial charge < -0.3 is 6.15 Å². The number of hydrogen-bond donors (Lipinski definition) is 1. The van der Waals surface area contributed by atoms with Crippen LogP contribution in [-0.2, 0) is 0 Å². The van der Waals surface area contributed by atoms with Crippen molar-refractivity contribution < 1.29 is 0 Å². The van der Waals surface area contributed by atoms with Gasteiger partial charge in [-0.2, -0.15) is 0 Å². The second-order valence-electron chi connectivity index (χ2n) is 1.61. The molecule has 1 aromatic rings. The van der Waals surface area contributed by atoms with E-state index in [1.807, 2.05) is 36.4 Å². The minimum Gasteiger partial charge on any atom is -0.344 e. The van der Waals surface area contributed by atoms with Gasteiger partial charge in [-0.05, 0) is 5.56 Å². The summed E-state index contributed by atoms with van der Waals surface area (Å²) in [6, 6.07) is 10.0. The molecule has 1 rings (SSSR count). The highest BCUT2D eigenvalue weighted by Crippen LogP contribution is 1.97. The second kappa shape index (κ2) is 6.33. The third-order valence-corrected chi connectivity index (χ3v) is 1.04. The van der Waals surface area contributed by atoms with Gasteiger partial charge in [0.1, 0.15) is 0 Å². The van der Waals surface area contributed by atoms with Gasteiger partial charge in [-0.3, -0.25) is 0 Å². The zero-order valence-electron chi connectivity index (χ0n) is 5.79. The summed E-state index contributed by atoms with van der Waals surface area (Å²) in [5.74, 6) is 0. The number of benzene rings is 1. The molecule has 0 radical (unpaired) electrons. The molecule has 0 atom stereocenters. The van der Waals surface area contributed by atoms with E-state index in [-0.39, 0.29) is 18.6 Å². The monoisotopic (exact) mass is 157 g/mol. The van der Waals surface area contributed by atoms with Crippen LogP contribution in [0.1, 0.15) is 5.56 Å². The van der Waals surface area contributed by atoms with Gasteiger partial charge in [-0.15, -0.1) is 12.4 Å². The summed E-state index contributed by atoms with van der Waals surface area (Å²) in [6.45, 7) is 3.63. The molecule has 0 heterocycles. The lowest BCUT2D eigenvalue weighted by Crippen LogP contribution is -1.63. The summed E-state index contributed by atoms with van der Waals surface area (Å²) in [4.78, 5) is 0. The van der Waals surface area contributed by atoms with Crippen molar-refractivity contribution in [2.24, 2.45) is 0 Å². The van der Waals surface area contributed by atoms with Crippen LogP contribution < -0.4 is 6.15 Å². The lowest BCUT2D eigenvalue weighted by atomic mass is 10.2. The molecule has 10 heavy (non-hydrogen) atoms. The Morgan fingerprint density at radius 1 is 1.10 bits per heavy atom. The fourth-order valence-corrected chi connectivity index (χ4v) is 0.589. The van der Waals surface area contributed by atoms with Gasteiger partial charge in [0.2, 0.25) is 0 Å². The molecule has 0 aliphatic carbocycles. The van der Waals surface area contributed by atoms with Crippen LogP contribution in [-0.4, -0.2) is 0 Å². The maximum absolute atomic E-state index is 3.63. The minimum absolute atomic E-state index is 0. The van der Waals surface area contributed by atoms with Gasteiger partial charge in [0.15, 0.2) is 0 Å². The topological polar surface area (TPSA) is 35.0 Å². The van der Waals surface area contributed by atoms with Gasteiger partial charge in [0, 0.05) is 0 Å². The highest BCUT2D eigenvalue weighted by Gasteiger charge is 1.75. The summed E-state index contributed by atoms with van der Waals surface area (Å²) in [6.07, 6.45) is 1.83. The van der Waals surface area contributed by atoms with Gasteiger partial charge in [0.05, 0.1) is 0 Å². The smallest absolute Gasteiger partial charge is 0.0263 e. The third kappa shape index (κ3) is 3.28. The summed E-state index contributed by atoms with van der Waals surface area (Å²) in [5, 5.41) is 0. The predicted octanol–water partition coefficient (Wildman–Crippen LogP) is 2.91. The largest absolute Gasteiger partial charge is 0.344 e. The fourth-order valence-electron chi connectivity index (χ4n) is 0.589. The Hall–Kier alpha value is -0.790. The van der Waals surface area contributed by atoms with E-state index in [2.05, 4.69) is 6.58 Å². The van der Waals surface area contributed by atoms with Crippen LogP contribution in [0.5, 0.6) is 0 Å². The minimum atomic E-state index is 0. The molecule has 0 fully saturated rings. The van der Waals surface area contributed by atoms with E-state index in [0.717, 1.165) is 0 Å². The van der Waals surface area contributed by atoms with Crippen LogP contribution >= 0.6 is 12.4 Å². The molecular formula is C8H12ClN. The molecular weight excluding hydrogens is 146 g/mol. The Balaban J connectivity index is 0. The van der Waals surface area contributed by atoms with Crippen molar-refractivity contribution in [2.45, 2.75) is 0 Å². The van der Waals surface area contributed by atoms with E-state index < -0.39 is 0 Å². The van der Waals surface area contributed by atoms with E-state index >= 15 is 0 Å². The first-order valence-corrected chi connectivity index (χ1v) is 2.61. The molecule has 0 bridgehead atoms. The van der Waals surface area contributed by atoms with Crippen LogP contribution in [0.2, 0.25) is 0 Å². The molecule has 0 aliphatic heterocycles. The van der Waals surface area contributed by atoms with Crippen LogP contribution in [0.3, 0.4) is 0 Å². The van der Waals surface area contributed by atoms with E-state index in [9.17, 15) is 0 Å². The Bertz CT molecular complexity index is 172. The molecule has 56 valence electrons. The van der Waals surface area contributed by atoms with E-state index in [0.29, 0.717) is 0 Å². The first-order valence-electron chi connectivity index (χ1n) is 2.61. The molecule has 0 saturated carbocycles. The Labute approximate surface area is 67.8 Å². The Morgan fingerprint density at radius 3 is 1.90 bits per heavy atom. The lowest BCUT2D eigenvalue weighted by Gasteiger charge is -1.85. The maximum Gasteiger partial charge on any atom is -0.0263 e. The van der Waals surface area contributed by atoms with Crippen molar-refractivity contribution in [1.82, 2.24) is 6.15 Å². The maximum atomic E-state index is 3.63. The Kier molecular flexibility index (Phi) is 7.56. The molecule has 0 amide bonds. The van der Waals surface area contributed by atoms with Gasteiger partial charge in [-0.25, -0.2) is 0 Å². The summed E-state index contributed by atoms with van der Waals surface area (Å²) in [5.41, 5.74) is 1.17. The molecule has 0 aliphatic rings. The first kappa shape index (κ1) is 11.9. The van der Waals surface area contributed by atoms with Gasteiger partial charge >= 0.3 is 0 Å². The zero-order chi connectivity index (χ0) is 5.82.